The van der Waals surface area contributed by atoms with Gasteiger partial charge in [-0.3, -0.25) is 14.9 Å². The fourth-order valence-corrected chi connectivity index (χ4v) is 1.80. The van der Waals surface area contributed by atoms with E-state index in [2.05, 4.69) is 20.7 Å². The van der Waals surface area contributed by atoms with Crippen molar-refractivity contribution >= 4 is 27.6 Å². The van der Waals surface area contributed by atoms with Gasteiger partial charge < -0.3 is 4.74 Å². The highest BCUT2D eigenvalue weighted by Gasteiger charge is 2.20. The summed E-state index contributed by atoms with van der Waals surface area (Å²) >= 11 is 3.13. The maximum atomic E-state index is 11.2. The molecule has 1 aromatic carbocycles. The van der Waals surface area contributed by atoms with Crippen molar-refractivity contribution in [1.29, 1.82) is 0 Å². The number of alkyl halides is 1. The molecule has 0 spiro atoms. The zero-order valence-electron chi connectivity index (χ0n) is 8.55. The molecule has 0 aromatic heterocycles. The van der Waals surface area contributed by atoms with E-state index in [1.807, 2.05) is 0 Å². The number of methoxy groups -OCH3 is 1. The molecule has 0 bridgehead atoms. The topological polar surface area (TPSA) is 69.4 Å². The Kier molecular flexibility index (Phi) is 4.42. The highest BCUT2D eigenvalue weighted by atomic mass is 79.9. The Balaban J connectivity index is 2.88. The number of nitrogens with zero attached hydrogens (tertiary/aromatic N) is 1. The van der Waals surface area contributed by atoms with Gasteiger partial charge in [0, 0.05) is 18.1 Å². The van der Waals surface area contributed by atoms with E-state index in [9.17, 15) is 14.9 Å². The molecule has 0 saturated carbocycles. The predicted octanol–water partition coefficient (Wildman–Crippen LogP) is 2.07. The zero-order chi connectivity index (χ0) is 12.1. The van der Waals surface area contributed by atoms with E-state index in [-0.39, 0.29) is 12.1 Å². The van der Waals surface area contributed by atoms with Gasteiger partial charge in [0.2, 0.25) is 0 Å². The van der Waals surface area contributed by atoms with Gasteiger partial charge in [-0.1, -0.05) is 34.1 Å². The number of ether oxygens (including phenoxy) is 1. The van der Waals surface area contributed by atoms with Gasteiger partial charge in [-0.25, -0.2) is 0 Å². The predicted molar refractivity (Wildman–Crippen MR) is 61.5 cm³/mol. The molecule has 0 heterocycles. The Morgan fingerprint density at radius 2 is 2.19 bits per heavy atom. The lowest BCUT2D eigenvalue weighted by molar-refractivity contribution is -0.385. The number of rotatable bonds is 4. The monoisotopic (exact) mass is 287 g/mol. The molecule has 0 aliphatic heterocycles. The van der Waals surface area contributed by atoms with Gasteiger partial charge in [0.15, 0.2) is 0 Å². The van der Waals surface area contributed by atoms with Crippen molar-refractivity contribution in [2.45, 2.75) is 11.2 Å². The van der Waals surface area contributed by atoms with Crippen LogP contribution >= 0.6 is 15.9 Å². The van der Waals surface area contributed by atoms with Crippen LogP contribution in [-0.2, 0) is 16.0 Å². The lowest BCUT2D eigenvalue weighted by Gasteiger charge is -2.07. The number of halogens is 1. The lowest BCUT2D eigenvalue weighted by atomic mass is 10.1. The third-order valence-corrected chi connectivity index (χ3v) is 2.74. The fourth-order valence-electron chi connectivity index (χ4n) is 1.27. The maximum Gasteiger partial charge on any atom is 0.319 e. The second-order valence-corrected chi connectivity index (χ2v) is 4.19. The molecule has 1 rings (SSSR count). The fraction of sp³-hybridized carbons (Fsp3) is 0.300. The second-order valence-electron chi connectivity index (χ2n) is 3.08. The molecule has 0 saturated heterocycles. The minimum Gasteiger partial charge on any atom is -0.468 e. The standard InChI is InChI=1S/C10H10BrNO4/c1-16-10(13)8(11)6-7-4-2-3-5-9(7)12(14)15/h2-5,8H,6H2,1H3. The Labute approximate surface area is 101 Å². The van der Waals surface area contributed by atoms with Crippen molar-refractivity contribution in [3.05, 3.63) is 39.9 Å². The first-order valence-electron chi connectivity index (χ1n) is 4.50. The Morgan fingerprint density at radius 3 is 2.75 bits per heavy atom. The number of nitro groups is 1. The first kappa shape index (κ1) is 12.6. The summed E-state index contributed by atoms with van der Waals surface area (Å²) in [7, 11) is 1.27. The average molecular weight is 288 g/mol. The molecule has 0 fully saturated rings. The van der Waals surface area contributed by atoms with Gasteiger partial charge in [0.25, 0.3) is 5.69 Å². The molecule has 0 aliphatic carbocycles. The molecule has 1 aromatic rings. The van der Waals surface area contributed by atoms with Gasteiger partial charge in [-0.15, -0.1) is 0 Å². The molecule has 0 amide bonds. The van der Waals surface area contributed by atoms with Crippen LogP contribution in [0.15, 0.2) is 24.3 Å². The molecular formula is C10H10BrNO4. The summed E-state index contributed by atoms with van der Waals surface area (Å²) in [6, 6.07) is 6.31. The van der Waals surface area contributed by atoms with Crippen LogP contribution in [0.2, 0.25) is 0 Å². The number of esters is 1. The van der Waals surface area contributed by atoms with E-state index in [4.69, 9.17) is 0 Å². The van der Waals surface area contributed by atoms with Crippen LogP contribution in [0.25, 0.3) is 0 Å². The first-order chi connectivity index (χ1) is 7.56. The minimum atomic E-state index is -0.571. The van der Waals surface area contributed by atoms with E-state index in [1.54, 1.807) is 18.2 Å². The third-order valence-electron chi connectivity index (χ3n) is 2.04. The molecule has 1 atom stereocenters. The quantitative estimate of drug-likeness (QED) is 0.368. The van der Waals surface area contributed by atoms with Gasteiger partial charge in [0.1, 0.15) is 4.83 Å². The Hall–Kier alpha value is -1.43. The summed E-state index contributed by atoms with van der Waals surface area (Å²) < 4.78 is 4.53. The van der Waals surface area contributed by atoms with Crippen molar-refractivity contribution in [1.82, 2.24) is 0 Å². The average Bonchev–Trinajstić information content (AvgIpc) is 2.28. The lowest BCUT2D eigenvalue weighted by Crippen LogP contribution is -2.18. The summed E-state index contributed by atoms with van der Waals surface area (Å²) in [6.45, 7) is 0. The van der Waals surface area contributed by atoms with Crippen molar-refractivity contribution in [2.24, 2.45) is 0 Å². The molecule has 5 nitrogen and oxygen atoms in total. The van der Waals surface area contributed by atoms with Crippen molar-refractivity contribution < 1.29 is 14.5 Å². The number of para-hydroxylation sites is 1. The normalized spacial score (nSPS) is 11.9. The van der Waals surface area contributed by atoms with Crippen LogP contribution in [0, 0.1) is 10.1 Å². The van der Waals surface area contributed by atoms with E-state index < -0.39 is 15.7 Å². The van der Waals surface area contributed by atoms with Gasteiger partial charge in [-0.2, -0.15) is 0 Å². The highest BCUT2D eigenvalue weighted by Crippen LogP contribution is 2.21. The van der Waals surface area contributed by atoms with E-state index in [1.165, 1.54) is 13.2 Å². The van der Waals surface area contributed by atoms with E-state index in [0.717, 1.165) is 0 Å². The maximum absolute atomic E-state index is 11.2. The number of hydrogen-bond donors (Lipinski definition) is 0. The van der Waals surface area contributed by atoms with E-state index >= 15 is 0 Å². The number of carbonyl (C=O) groups is 1. The van der Waals surface area contributed by atoms with Crippen molar-refractivity contribution in [3.8, 4) is 0 Å². The van der Waals surface area contributed by atoms with Crippen molar-refractivity contribution in [2.75, 3.05) is 7.11 Å². The summed E-state index contributed by atoms with van der Waals surface area (Å²) in [5.74, 6) is -0.446. The zero-order valence-corrected chi connectivity index (χ0v) is 10.1. The van der Waals surface area contributed by atoms with Crippen LogP contribution in [0.5, 0.6) is 0 Å². The second kappa shape index (κ2) is 5.60. The van der Waals surface area contributed by atoms with Crippen LogP contribution in [0.3, 0.4) is 0 Å². The molecule has 16 heavy (non-hydrogen) atoms. The number of nitro benzene ring substituents is 1. The SMILES string of the molecule is COC(=O)C(Br)Cc1ccccc1[N+](=O)[O-]. The summed E-state index contributed by atoms with van der Waals surface area (Å²) in [5.41, 5.74) is 0.510. The largest absolute Gasteiger partial charge is 0.468 e. The van der Waals surface area contributed by atoms with Crippen LogP contribution in [0.4, 0.5) is 5.69 Å². The van der Waals surface area contributed by atoms with Crippen LogP contribution < -0.4 is 0 Å². The highest BCUT2D eigenvalue weighted by molar-refractivity contribution is 9.10. The molecule has 6 heteroatoms. The molecule has 0 N–H and O–H groups in total. The Morgan fingerprint density at radius 1 is 1.56 bits per heavy atom. The van der Waals surface area contributed by atoms with Gasteiger partial charge in [0.05, 0.1) is 12.0 Å². The summed E-state index contributed by atoms with van der Waals surface area (Å²) in [5, 5.41) is 10.7. The molecule has 0 radical (unpaired) electrons. The molecule has 1 unspecified atom stereocenters. The minimum absolute atomic E-state index is 0.0100. The summed E-state index contributed by atoms with van der Waals surface area (Å²) in [6.07, 6.45) is 0.226. The van der Waals surface area contributed by atoms with Crippen LogP contribution in [-0.4, -0.2) is 22.8 Å². The number of hydrogen-bond acceptors (Lipinski definition) is 4. The number of carbonyl (C=O) groups excluding carboxylic acids is 1. The smallest absolute Gasteiger partial charge is 0.319 e. The summed E-state index contributed by atoms with van der Waals surface area (Å²) in [4.78, 5) is 20.8. The van der Waals surface area contributed by atoms with Crippen LogP contribution in [0.1, 0.15) is 5.56 Å². The molecular weight excluding hydrogens is 278 g/mol. The molecule has 0 aliphatic rings. The van der Waals surface area contributed by atoms with Crippen molar-refractivity contribution in [3.63, 3.8) is 0 Å². The van der Waals surface area contributed by atoms with Gasteiger partial charge in [-0.05, 0) is 0 Å². The van der Waals surface area contributed by atoms with Gasteiger partial charge >= 0.3 is 5.97 Å². The third kappa shape index (κ3) is 3.03. The first-order valence-corrected chi connectivity index (χ1v) is 5.42. The van der Waals surface area contributed by atoms with E-state index in [0.29, 0.717) is 5.56 Å². The Bertz CT molecular complexity index is 408. The molecule has 86 valence electrons. The number of benzene rings is 1.